The number of nitrogens with one attached hydrogen (secondary N) is 2. The van der Waals surface area contributed by atoms with Gasteiger partial charge in [0, 0.05) is 18.6 Å². The Hall–Kier alpha value is -2.08. The Morgan fingerprint density at radius 1 is 1.04 bits per heavy atom. The van der Waals surface area contributed by atoms with Crippen molar-refractivity contribution in [2.45, 2.75) is 56.9 Å². The van der Waals surface area contributed by atoms with Crippen LogP contribution in [0.3, 0.4) is 0 Å². The molecule has 0 unspecified atom stereocenters. The molecule has 6 heteroatoms. The number of carbonyl (C=O) groups excluding carboxylic acids is 1. The first-order chi connectivity index (χ1) is 13.2. The standard InChI is InChI=1S/C20H31N3O.CH2O2/c24-19(21-14-11-18-9-3-1-4-10-18)22-17-20(12-5-6-13-20)23-15-7-2-8-16-23;2-1-3/h1,3-4,9-10H,2,5-8,11-17H2,(H2,21,22,24);1H,(H,2,3). The van der Waals surface area contributed by atoms with Gasteiger partial charge in [0.1, 0.15) is 0 Å². The van der Waals surface area contributed by atoms with Gasteiger partial charge in [0.25, 0.3) is 6.47 Å². The van der Waals surface area contributed by atoms with Gasteiger partial charge in [-0.25, -0.2) is 4.79 Å². The van der Waals surface area contributed by atoms with Crippen molar-refractivity contribution in [1.29, 1.82) is 0 Å². The molecule has 0 bridgehead atoms. The van der Waals surface area contributed by atoms with Crippen LogP contribution in [0.2, 0.25) is 0 Å². The van der Waals surface area contributed by atoms with Crippen LogP contribution in [0, 0.1) is 0 Å². The van der Waals surface area contributed by atoms with E-state index in [-0.39, 0.29) is 18.0 Å². The Kier molecular flexibility index (Phi) is 9.11. The lowest BCUT2D eigenvalue weighted by Gasteiger charge is -2.43. The monoisotopic (exact) mass is 375 g/mol. The molecular weight excluding hydrogens is 342 g/mol. The molecule has 1 aliphatic carbocycles. The molecule has 1 aromatic rings. The number of carboxylic acid groups (broad SMARTS) is 1. The molecule has 2 amide bonds. The molecule has 1 aliphatic heterocycles. The van der Waals surface area contributed by atoms with Crippen molar-refractivity contribution in [2.24, 2.45) is 0 Å². The number of carbonyl (C=O) groups is 2. The van der Waals surface area contributed by atoms with E-state index in [1.54, 1.807) is 0 Å². The van der Waals surface area contributed by atoms with E-state index in [2.05, 4.69) is 27.7 Å². The molecule has 0 atom stereocenters. The van der Waals surface area contributed by atoms with Crippen LogP contribution in [0.1, 0.15) is 50.5 Å². The molecule has 150 valence electrons. The average molecular weight is 376 g/mol. The molecule has 27 heavy (non-hydrogen) atoms. The van der Waals surface area contributed by atoms with Crippen molar-refractivity contribution < 1.29 is 14.7 Å². The lowest BCUT2D eigenvalue weighted by molar-refractivity contribution is -0.122. The van der Waals surface area contributed by atoms with E-state index in [0.29, 0.717) is 6.54 Å². The Morgan fingerprint density at radius 3 is 2.30 bits per heavy atom. The highest BCUT2D eigenvalue weighted by Crippen LogP contribution is 2.36. The van der Waals surface area contributed by atoms with Crippen LogP contribution in [0.5, 0.6) is 0 Å². The van der Waals surface area contributed by atoms with Crippen LogP contribution in [0.25, 0.3) is 0 Å². The maximum atomic E-state index is 12.2. The first-order valence-corrected chi connectivity index (χ1v) is 10.1. The summed E-state index contributed by atoms with van der Waals surface area (Å²) in [6.07, 6.45) is 9.93. The molecule has 6 nitrogen and oxygen atoms in total. The number of piperidine rings is 1. The van der Waals surface area contributed by atoms with Crippen LogP contribution in [-0.2, 0) is 11.2 Å². The van der Waals surface area contributed by atoms with Gasteiger partial charge < -0.3 is 15.7 Å². The van der Waals surface area contributed by atoms with Crippen LogP contribution < -0.4 is 10.6 Å². The summed E-state index contributed by atoms with van der Waals surface area (Å²) in [7, 11) is 0. The van der Waals surface area contributed by atoms with Crippen LogP contribution in [0.15, 0.2) is 30.3 Å². The maximum absolute atomic E-state index is 12.2. The second-order valence-corrected chi connectivity index (χ2v) is 7.43. The fourth-order valence-corrected chi connectivity index (χ4v) is 4.28. The van der Waals surface area contributed by atoms with Crippen LogP contribution >= 0.6 is 0 Å². The molecule has 0 spiro atoms. The van der Waals surface area contributed by atoms with Gasteiger partial charge in [-0.15, -0.1) is 0 Å². The second-order valence-electron chi connectivity index (χ2n) is 7.43. The molecule has 1 aromatic carbocycles. The lowest BCUT2D eigenvalue weighted by Crippen LogP contribution is -2.56. The van der Waals surface area contributed by atoms with E-state index in [1.807, 2.05) is 18.2 Å². The van der Waals surface area contributed by atoms with Crippen molar-refractivity contribution in [3.05, 3.63) is 35.9 Å². The normalized spacial score (nSPS) is 18.8. The molecular formula is C21H33N3O3. The lowest BCUT2D eigenvalue weighted by atomic mass is 9.92. The van der Waals surface area contributed by atoms with Gasteiger partial charge in [0.2, 0.25) is 0 Å². The van der Waals surface area contributed by atoms with Gasteiger partial charge in [-0.05, 0) is 50.8 Å². The molecule has 2 fully saturated rings. The van der Waals surface area contributed by atoms with Crippen LogP contribution in [-0.4, -0.2) is 54.2 Å². The van der Waals surface area contributed by atoms with E-state index in [1.165, 1.54) is 63.6 Å². The zero-order chi connectivity index (χ0) is 19.4. The van der Waals surface area contributed by atoms with Gasteiger partial charge >= 0.3 is 6.03 Å². The average Bonchev–Trinajstić information content (AvgIpc) is 3.19. The van der Waals surface area contributed by atoms with Crippen molar-refractivity contribution in [2.75, 3.05) is 26.2 Å². The first kappa shape index (κ1) is 21.2. The van der Waals surface area contributed by atoms with Gasteiger partial charge in [-0.1, -0.05) is 49.6 Å². The number of urea groups is 1. The van der Waals surface area contributed by atoms with E-state index in [9.17, 15) is 4.79 Å². The largest absolute Gasteiger partial charge is 0.483 e. The van der Waals surface area contributed by atoms with Crippen molar-refractivity contribution in [3.63, 3.8) is 0 Å². The number of benzene rings is 1. The molecule has 0 radical (unpaired) electrons. The van der Waals surface area contributed by atoms with E-state index in [0.717, 1.165) is 13.0 Å². The number of amides is 2. The van der Waals surface area contributed by atoms with Crippen molar-refractivity contribution in [1.82, 2.24) is 15.5 Å². The highest BCUT2D eigenvalue weighted by molar-refractivity contribution is 5.73. The summed E-state index contributed by atoms with van der Waals surface area (Å²) in [6.45, 7) is 3.64. The molecule has 0 aromatic heterocycles. The first-order valence-electron chi connectivity index (χ1n) is 10.1. The van der Waals surface area contributed by atoms with Gasteiger partial charge in [-0.3, -0.25) is 9.69 Å². The molecule has 1 saturated heterocycles. The SMILES string of the molecule is O=C(NCCc1ccccc1)NCC1(N2CCCCC2)CCCC1.O=CO. The van der Waals surface area contributed by atoms with Gasteiger partial charge in [0.05, 0.1) is 0 Å². The summed E-state index contributed by atoms with van der Waals surface area (Å²) in [5.41, 5.74) is 1.48. The molecule has 1 saturated carbocycles. The smallest absolute Gasteiger partial charge is 0.314 e. The number of nitrogens with zero attached hydrogens (tertiary/aromatic N) is 1. The predicted molar refractivity (Wildman–Crippen MR) is 107 cm³/mol. The summed E-state index contributed by atoms with van der Waals surface area (Å²) in [5, 5.41) is 13.1. The minimum atomic E-state index is -0.250. The minimum absolute atomic E-state index is 0.0192. The second kappa shape index (κ2) is 11.6. The third kappa shape index (κ3) is 6.86. The number of hydrogen-bond acceptors (Lipinski definition) is 3. The molecule has 3 rings (SSSR count). The van der Waals surface area contributed by atoms with Crippen molar-refractivity contribution in [3.8, 4) is 0 Å². The third-order valence-electron chi connectivity index (χ3n) is 5.68. The highest BCUT2D eigenvalue weighted by Gasteiger charge is 2.39. The Bertz CT molecular complexity index is 553. The summed E-state index contributed by atoms with van der Waals surface area (Å²) < 4.78 is 0. The summed E-state index contributed by atoms with van der Waals surface area (Å²) in [5.74, 6) is 0. The summed E-state index contributed by atoms with van der Waals surface area (Å²) in [6, 6.07) is 10.3. The number of likely N-dealkylation sites (tertiary alicyclic amines) is 1. The summed E-state index contributed by atoms with van der Waals surface area (Å²) in [4.78, 5) is 23.2. The zero-order valence-corrected chi connectivity index (χ0v) is 16.2. The Morgan fingerprint density at radius 2 is 1.67 bits per heavy atom. The Balaban J connectivity index is 0.000000817. The topological polar surface area (TPSA) is 81.7 Å². The van der Waals surface area contributed by atoms with Gasteiger partial charge in [0.15, 0.2) is 0 Å². The van der Waals surface area contributed by atoms with E-state index < -0.39 is 0 Å². The van der Waals surface area contributed by atoms with E-state index >= 15 is 0 Å². The van der Waals surface area contributed by atoms with Crippen molar-refractivity contribution >= 4 is 12.5 Å². The minimum Gasteiger partial charge on any atom is -0.483 e. The Labute approximate surface area is 162 Å². The predicted octanol–water partition coefficient (Wildman–Crippen LogP) is 3.03. The van der Waals surface area contributed by atoms with E-state index in [4.69, 9.17) is 9.90 Å². The highest BCUT2D eigenvalue weighted by atomic mass is 16.3. The summed E-state index contributed by atoms with van der Waals surface area (Å²) >= 11 is 0. The number of hydrogen-bond donors (Lipinski definition) is 3. The number of rotatable bonds is 6. The molecule has 2 aliphatic rings. The van der Waals surface area contributed by atoms with Crippen LogP contribution in [0.4, 0.5) is 4.79 Å². The van der Waals surface area contributed by atoms with Gasteiger partial charge in [-0.2, -0.15) is 0 Å². The fraction of sp³-hybridized carbons (Fsp3) is 0.619. The molecule has 1 heterocycles. The zero-order valence-electron chi connectivity index (χ0n) is 16.2. The maximum Gasteiger partial charge on any atom is 0.314 e. The quantitative estimate of drug-likeness (QED) is 0.668. The molecule has 3 N–H and O–H groups in total. The fourth-order valence-electron chi connectivity index (χ4n) is 4.28. The third-order valence-corrected chi connectivity index (χ3v) is 5.68.